The van der Waals surface area contributed by atoms with E-state index in [-0.39, 0.29) is 42.4 Å². The van der Waals surface area contributed by atoms with Gasteiger partial charge < -0.3 is 31.2 Å². The Labute approximate surface area is 245 Å². The van der Waals surface area contributed by atoms with Crippen molar-refractivity contribution in [2.75, 3.05) is 6.54 Å². The van der Waals surface area contributed by atoms with Crippen molar-refractivity contribution < 1.29 is 23.8 Å². The number of nitrogens with two attached hydrogens (primary N) is 2. The summed E-state index contributed by atoms with van der Waals surface area (Å²) in [5.41, 5.74) is 14.2. The first-order chi connectivity index (χ1) is 19.9. The van der Waals surface area contributed by atoms with Crippen LogP contribution in [-0.4, -0.2) is 48.5 Å². The number of pyridine rings is 2. The molecule has 0 bridgehead atoms. The second-order valence-electron chi connectivity index (χ2n) is 11.6. The van der Waals surface area contributed by atoms with Gasteiger partial charge in [0.15, 0.2) is 5.60 Å². The number of rotatable bonds is 7. The summed E-state index contributed by atoms with van der Waals surface area (Å²) in [6, 6.07) is 2.53. The molecule has 10 nitrogen and oxygen atoms in total. The Balaban J connectivity index is 1.53. The van der Waals surface area contributed by atoms with Gasteiger partial charge in [-0.15, -0.1) is 0 Å². The molecule has 12 heteroatoms. The van der Waals surface area contributed by atoms with Crippen LogP contribution in [-0.2, 0) is 39.5 Å². The quantitative estimate of drug-likeness (QED) is 0.143. The molecule has 219 valence electrons. The molecule has 3 aliphatic rings. The van der Waals surface area contributed by atoms with E-state index in [1.54, 1.807) is 24.5 Å². The fourth-order valence-electron chi connectivity index (χ4n) is 6.65. The molecule has 0 fully saturated rings. The highest BCUT2D eigenvalue weighted by Gasteiger charge is 2.46. The van der Waals surface area contributed by atoms with Gasteiger partial charge in [0, 0.05) is 22.6 Å². The average molecular weight is 591 g/mol. The number of aliphatic hydroxyl groups is 1. The van der Waals surface area contributed by atoms with Crippen LogP contribution in [0.4, 0.5) is 4.39 Å². The first kappa shape index (κ1) is 28.7. The summed E-state index contributed by atoms with van der Waals surface area (Å²) in [6.07, 6.45) is 2.83. The van der Waals surface area contributed by atoms with Gasteiger partial charge in [-0.05, 0) is 68.3 Å². The largest absolute Gasteiger partial charge is 0.458 e. The van der Waals surface area contributed by atoms with Crippen molar-refractivity contribution in [3.8, 4) is 11.4 Å². The van der Waals surface area contributed by atoms with Crippen LogP contribution in [0.3, 0.4) is 0 Å². The number of esters is 1. The molecule has 0 saturated heterocycles. The summed E-state index contributed by atoms with van der Waals surface area (Å²) in [7, 11) is 3.47. The number of carbonyl (C=O) groups is 2. The number of cyclic esters (lactones) is 1. The highest BCUT2D eigenvalue weighted by Crippen LogP contribution is 2.46. The van der Waals surface area contributed by atoms with E-state index in [2.05, 4.69) is 15.6 Å². The zero-order valence-corrected chi connectivity index (χ0v) is 24.6. The van der Waals surface area contributed by atoms with Crippen LogP contribution in [0.2, 0.25) is 0 Å². The van der Waals surface area contributed by atoms with E-state index >= 15 is 4.39 Å². The molecule has 0 saturated carbocycles. The normalized spacial score (nSPS) is 21.8. The molecular formula is C30H33FN5O5Si. The third-order valence-electron chi connectivity index (χ3n) is 9.11. The lowest BCUT2D eigenvalue weighted by Gasteiger charge is -2.32. The Morgan fingerprint density at radius 2 is 2.07 bits per heavy atom. The molecular weight excluding hydrogens is 557 g/mol. The van der Waals surface area contributed by atoms with Crippen molar-refractivity contribution in [3.63, 3.8) is 0 Å². The maximum absolute atomic E-state index is 15.1. The summed E-state index contributed by atoms with van der Waals surface area (Å²) in [5, 5.41) is 13.8. The van der Waals surface area contributed by atoms with Gasteiger partial charge >= 0.3 is 5.97 Å². The lowest BCUT2D eigenvalue weighted by atomic mass is 9.81. The SMILES string of the molecule is CC[C@@]1(O)C(=O)OCc2c1cc1n(c2=O)Cc2c-1nc1cc(F)c(C)c3c1c2[C@@H](NC(=O)[C@@](N)([Si])CCCCN)CC3. The summed E-state index contributed by atoms with van der Waals surface area (Å²) >= 11 is 0. The number of nitrogens with one attached hydrogen (secondary N) is 1. The van der Waals surface area contributed by atoms with E-state index in [1.807, 2.05) is 0 Å². The van der Waals surface area contributed by atoms with Crippen LogP contribution in [0.1, 0.15) is 78.5 Å². The molecule has 1 amide bonds. The molecule has 3 aromatic rings. The second kappa shape index (κ2) is 10.1. The van der Waals surface area contributed by atoms with Gasteiger partial charge in [0.2, 0.25) is 5.91 Å². The first-order valence-electron chi connectivity index (χ1n) is 14.3. The number of unbranched alkanes of at least 4 members (excludes halogenated alkanes) is 1. The number of aromatic nitrogens is 2. The van der Waals surface area contributed by atoms with E-state index in [1.165, 1.54) is 6.07 Å². The number of halogens is 1. The number of aryl methyl sites for hydroxylation is 1. The Hall–Kier alpha value is -3.45. The van der Waals surface area contributed by atoms with Crippen molar-refractivity contribution in [1.29, 1.82) is 0 Å². The van der Waals surface area contributed by atoms with E-state index < -0.39 is 28.3 Å². The van der Waals surface area contributed by atoms with Gasteiger partial charge in [0.05, 0.1) is 50.5 Å². The first-order valence-corrected chi connectivity index (χ1v) is 14.8. The van der Waals surface area contributed by atoms with Crippen LogP contribution in [0.5, 0.6) is 0 Å². The third kappa shape index (κ3) is 4.15. The summed E-state index contributed by atoms with van der Waals surface area (Å²) < 4.78 is 21.8. The minimum atomic E-state index is -1.97. The summed E-state index contributed by atoms with van der Waals surface area (Å²) in [6.45, 7) is 3.79. The monoisotopic (exact) mass is 590 g/mol. The number of ether oxygens (including phenoxy) is 1. The topological polar surface area (TPSA) is 163 Å². The molecule has 2 aromatic heterocycles. The Morgan fingerprint density at radius 1 is 1.31 bits per heavy atom. The van der Waals surface area contributed by atoms with Gasteiger partial charge in [0.25, 0.3) is 5.56 Å². The van der Waals surface area contributed by atoms with Crippen molar-refractivity contribution >= 4 is 33.0 Å². The predicted octanol–water partition coefficient (Wildman–Crippen LogP) is 1.58. The highest BCUT2D eigenvalue weighted by molar-refractivity contribution is 6.28. The Kier molecular flexibility index (Phi) is 6.88. The minimum Gasteiger partial charge on any atom is -0.458 e. The van der Waals surface area contributed by atoms with Crippen LogP contribution in [0, 0.1) is 12.7 Å². The maximum atomic E-state index is 15.1. The average Bonchev–Trinajstić information content (AvgIpc) is 3.33. The molecule has 42 heavy (non-hydrogen) atoms. The molecule has 4 heterocycles. The smallest absolute Gasteiger partial charge is 0.343 e. The van der Waals surface area contributed by atoms with Crippen molar-refractivity contribution in [3.05, 3.63) is 61.7 Å². The fourth-order valence-corrected chi connectivity index (χ4v) is 6.90. The fraction of sp³-hybridized carbons (Fsp3) is 0.467. The van der Waals surface area contributed by atoms with Crippen molar-refractivity contribution in [2.45, 2.75) is 82.3 Å². The molecule has 3 atom stereocenters. The van der Waals surface area contributed by atoms with Crippen molar-refractivity contribution in [2.24, 2.45) is 11.5 Å². The molecule has 6 rings (SSSR count). The number of hydrogen-bond acceptors (Lipinski definition) is 8. The van der Waals surface area contributed by atoms with Crippen molar-refractivity contribution in [1.82, 2.24) is 14.9 Å². The number of carbonyl (C=O) groups excluding carboxylic acids is 2. The standard InChI is InChI=1S/C30H33FN5O5Si/c1-3-29(40)18-10-22-25-16(12-36(22)26(37)17(18)13-41-28(29)39)24-20(35-27(38)30(33,42)8-4-5-9-32)7-6-15-14(2)19(31)11-21(34-25)23(15)24/h10-11,20,40H,3-9,12-13,32-33H2,1-2H3,(H,35,38)/t20-,29-,30-/m0/s1. The Morgan fingerprint density at radius 3 is 2.79 bits per heavy atom. The van der Waals surface area contributed by atoms with E-state index in [4.69, 9.17) is 21.2 Å². The van der Waals surface area contributed by atoms with Gasteiger partial charge in [0.1, 0.15) is 12.4 Å². The van der Waals surface area contributed by atoms with Crippen LogP contribution >= 0.6 is 0 Å². The second-order valence-corrected chi connectivity index (χ2v) is 12.5. The number of fused-ring (bicyclic) bond motifs is 5. The number of amides is 1. The lowest BCUT2D eigenvalue weighted by molar-refractivity contribution is -0.172. The minimum absolute atomic E-state index is 0.0193. The zero-order chi connectivity index (χ0) is 30.1. The van der Waals surface area contributed by atoms with Gasteiger partial charge in [-0.25, -0.2) is 14.2 Å². The van der Waals surface area contributed by atoms with Gasteiger partial charge in [-0.1, -0.05) is 13.3 Å². The molecule has 1 aliphatic carbocycles. The maximum Gasteiger partial charge on any atom is 0.343 e. The van der Waals surface area contributed by atoms with Gasteiger partial charge in [-0.2, -0.15) is 0 Å². The molecule has 6 N–H and O–H groups in total. The lowest BCUT2D eigenvalue weighted by Crippen LogP contribution is -2.55. The third-order valence-corrected chi connectivity index (χ3v) is 9.59. The van der Waals surface area contributed by atoms with E-state index in [0.717, 1.165) is 28.5 Å². The molecule has 0 spiro atoms. The molecule has 3 radical (unpaired) electrons. The Bertz CT molecular complexity index is 1740. The van der Waals surface area contributed by atoms with Crippen LogP contribution < -0.4 is 22.3 Å². The number of benzene rings is 1. The van der Waals surface area contributed by atoms with E-state index in [9.17, 15) is 19.5 Å². The summed E-state index contributed by atoms with van der Waals surface area (Å²) in [5.74, 6) is -1.57. The molecule has 1 aromatic carbocycles. The molecule has 0 unspecified atom stereocenters. The van der Waals surface area contributed by atoms with Gasteiger partial charge in [-0.3, -0.25) is 9.59 Å². The van der Waals surface area contributed by atoms with Crippen LogP contribution in [0.15, 0.2) is 16.9 Å². The molecule has 2 aliphatic heterocycles. The number of nitrogens with zero attached hydrogens (tertiary/aromatic N) is 2. The number of hydrogen-bond donors (Lipinski definition) is 4. The predicted molar refractivity (Wildman–Crippen MR) is 154 cm³/mol. The van der Waals surface area contributed by atoms with Crippen LogP contribution in [0.25, 0.3) is 22.3 Å². The van der Waals surface area contributed by atoms with E-state index in [0.29, 0.717) is 54.7 Å². The highest BCUT2D eigenvalue weighted by atomic mass is 28.1. The summed E-state index contributed by atoms with van der Waals surface area (Å²) in [4.78, 5) is 44.6. The zero-order valence-electron chi connectivity index (χ0n) is 23.6.